The normalized spacial score (nSPS) is 20.0. The molecule has 0 saturated heterocycles. The fourth-order valence-electron chi connectivity index (χ4n) is 4.54. The van der Waals surface area contributed by atoms with Crippen LogP contribution in [-0.4, -0.2) is 26.8 Å². The van der Waals surface area contributed by atoms with Crippen LogP contribution in [0.3, 0.4) is 0 Å². The van der Waals surface area contributed by atoms with Crippen molar-refractivity contribution >= 4 is 11.7 Å². The fourth-order valence-corrected chi connectivity index (χ4v) is 4.54. The number of urea groups is 1. The summed E-state index contributed by atoms with van der Waals surface area (Å²) >= 11 is 0. The minimum absolute atomic E-state index is 0.0243. The third-order valence-electron chi connectivity index (χ3n) is 5.96. The second-order valence-corrected chi connectivity index (χ2v) is 7.71. The van der Waals surface area contributed by atoms with Gasteiger partial charge in [0.15, 0.2) is 11.6 Å². The lowest BCUT2D eigenvalue weighted by Crippen LogP contribution is -2.48. The number of halogens is 3. The van der Waals surface area contributed by atoms with Crippen molar-refractivity contribution in [2.75, 3.05) is 5.32 Å². The Bertz CT molecular complexity index is 1110. The molecular formula is C22H19F3N4O. The molecule has 2 atom stereocenters. The highest BCUT2D eigenvalue weighted by molar-refractivity contribution is 5.89. The van der Waals surface area contributed by atoms with Crippen molar-refractivity contribution in [1.82, 2.24) is 14.7 Å². The van der Waals surface area contributed by atoms with Gasteiger partial charge in [0.05, 0.1) is 30.5 Å². The number of aromatic nitrogens is 2. The van der Waals surface area contributed by atoms with E-state index in [0.29, 0.717) is 6.54 Å². The molecule has 2 aromatic carbocycles. The number of carbonyl (C=O) groups excluding carboxylic acids is 1. The molecule has 1 aliphatic heterocycles. The molecule has 8 heteroatoms. The van der Waals surface area contributed by atoms with E-state index in [1.54, 1.807) is 23.2 Å². The highest BCUT2D eigenvalue weighted by Gasteiger charge is 2.42. The second-order valence-electron chi connectivity index (χ2n) is 7.71. The molecule has 1 aromatic heterocycles. The predicted molar refractivity (Wildman–Crippen MR) is 105 cm³/mol. The van der Waals surface area contributed by atoms with Crippen LogP contribution in [0.1, 0.15) is 31.0 Å². The summed E-state index contributed by atoms with van der Waals surface area (Å²) in [7, 11) is 0. The van der Waals surface area contributed by atoms with Crippen molar-refractivity contribution in [1.29, 1.82) is 0 Å². The molecule has 1 saturated carbocycles. The molecule has 5 rings (SSSR count). The summed E-state index contributed by atoms with van der Waals surface area (Å²) in [5.41, 5.74) is 2.76. The maximum absolute atomic E-state index is 13.5. The van der Waals surface area contributed by atoms with Gasteiger partial charge in [0.2, 0.25) is 0 Å². The summed E-state index contributed by atoms with van der Waals surface area (Å²) in [4.78, 5) is 14.8. The number of nitrogens with zero attached hydrogens (tertiary/aromatic N) is 3. The van der Waals surface area contributed by atoms with Crippen LogP contribution in [0.5, 0.6) is 0 Å². The largest absolute Gasteiger partial charge is 0.322 e. The smallest absolute Gasteiger partial charge is 0.313 e. The van der Waals surface area contributed by atoms with Gasteiger partial charge in [-0.3, -0.25) is 4.68 Å². The number of anilines is 1. The van der Waals surface area contributed by atoms with Crippen LogP contribution >= 0.6 is 0 Å². The van der Waals surface area contributed by atoms with Gasteiger partial charge >= 0.3 is 6.03 Å². The molecule has 30 heavy (non-hydrogen) atoms. The maximum Gasteiger partial charge on any atom is 0.322 e. The van der Waals surface area contributed by atoms with Gasteiger partial charge in [-0.05, 0) is 49.1 Å². The van der Waals surface area contributed by atoms with Crippen molar-refractivity contribution in [3.8, 4) is 11.1 Å². The topological polar surface area (TPSA) is 50.2 Å². The monoisotopic (exact) mass is 412 g/mol. The van der Waals surface area contributed by atoms with E-state index in [9.17, 15) is 18.0 Å². The lowest BCUT2D eigenvalue weighted by atomic mass is 10.0. The van der Waals surface area contributed by atoms with Crippen molar-refractivity contribution in [2.24, 2.45) is 0 Å². The van der Waals surface area contributed by atoms with Crippen LogP contribution in [0.15, 0.2) is 48.7 Å². The molecule has 2 heterocycles. The van der Waals surface area contributed by atoms with Crippen molar-refractivity contribution in [3.05, 3.63) is 71.8 Å². The molecular weight excluding hydrogens is 393 g/mol. The Labute approximate surface area is 171 Å². The van der Waals surface area contributed by atoms with Crippen LogP contribution in [-0.2, 0) is 6.54 Å². The van der Waals surface area contributed by atoms with Crippen LogP contribution in [0.2, 0.25) is 0 Å². The van der Waals surface area contributed by atoms with Crippen molar-refractivity contribution in [2.45, 2.75) is 37.9 Å². The molecule has 0 unspecified atom stereocenters. The zero-order valence-electron chi connectivity index (χ0n) is 16.0. The maximum atomic E-state index is 13.5. The lowest BCUT2D eigenvalue weighted by molar-refractivity contribution is 0.139. The average Bonchev–Trinajstić information content (AvgIpc) is 3.37. The van der Waals surface area contributed by atoms with Gasteiger partial charge in [-0.1, -0.05) is 12.1 Å². The van der Waals surface area contributed by atoms with E-state index in [2.05, 4.69) is 10.4 Å². The molecule has 0 spiro atoms. The Morgan fingerprint density at radius 1 is 1.00 bits per heavy atom. The Morgan fingerprint density at radius 3 is 2.53 bits per heavy atom. The second kappa shape index (κ2) is 7.19. The molecule has 1 N–H and O–H groups in total. The zero-order chi connectivity index (χ0) is 20.8. The fraction of sp³-hybridized carbons (Fsp3) is 0.273. The number of amides is 2. The van der Waals surface area contributed by atoms with Gasteiger partial charge in [-0.2, -0.15) is 5.10 Å². The summed E-state index contributed by atoms with van der Waals surface area (Å²) < 4.78 is 42.1. The highest BCUT2D eigenvalue weighted by atomic mass is 19.2. The summed E-state index contributed by atoms with van der Waals surface area (Å²) in [6, 6.07) is 9.14. The molecule has 0 radical (unpaired) electrons. The van der Waals surface area contributed by atoms with Crippen LogP contribution in [0.4, 0.5) is 23.7 Å². The lowest BCUT2D eigenvalue weighted by Gasteiger charge is -2.38. The quantitative estimate of drug-likeness (QED) is 0.636. The van der Waals surface area contributed by atoms with E-state index in [1.807, 2.05) is 4.68 Å². The first-order valence-corrected chi connectivity index (χ1v) is 9.86. The van der Waals surface area contributed by atoms with E-state index in [0.717, 1.165) is 48.2 Å². The van der Waals surface area contributed by atoms with Crippen molar-refractivity contribution < 1.29 is 18.0 Å². The third kappa shape index (κ3) is 3.12. The number of carbonyl (C=O) groups is 1. The van der Waals surface area contributed by atoms with Gasteiger partial charge in [-0.25, -0.2) is 18.0 Å². The molecule has 2 amide bonds. The number of fused-ring (bicyclic) bond motifs is 3. The first-order valence-electron chi connectivity index (χ1n) is 9.86. The van der Waals surface area contributed by atoms with E-state index in [1.165, 1.54) is 18.2 Å². The summed E-state index contributed by atoms with van der Waals surface area (Å²) in [5, 5.41) is 7.25. The number of hydrogen-bond donors (Lipinski definition) is 1. The van der Waals surface area contributed by atoms with Gasteiger partial charge in [0, 0.05) is 17.3 Å². The first-order chi connectivity index (χ1) is 14.5. The molecule has 0 bridgehead atoms. The summed E-state index contributed by atoms with van der Waals surface area (Å²) in [5.74, 6) is -2.29. The number of rotatable bonds is 2. The van der Waals surface area contributed by atoms with E-state index in [-0.39, 0.29) is 29.6 Å². The van der Waals surface area contributed by atoms with Crippen LogP contribution < -0.4 is 5.32 Å². The highest BCUT2D eigenvalue weighted by Crippen LogP contribution is 2.41. The van der Waals surface area contributed by atoms with Crippen LogP contribution in [0.25, 0.3) is 11.1 Å². The standard InChI is InChI=1S/C22H19F3N4O/c23-14-6-4-13(5-7-14)16-11-26-29-20-3-1-2-19(20)28(12-21(16)29)22(30)27-15-8-9-17(24)18(25)10-15/h4-11,19-20H,1-3,12H2,(H,27,30)/t19-,20+/m0/s1. The number of benzene rings is 2. The number of nitrogens with one attached hydrogen (secondary N) is 1. The minimum atomic E-state index is -1.01. The molecule has 1 fully saturated rings. The molecule has 3 aromatic rings. The van der Waals surface area contributed by atoms with Gasteiger partial charge in [-0.15, -0.1) is 0 Å². The average molecular weight is 412 g/mol. The van der Waals surface area contributed by atoms with Gasteiger partial charge in [0.25, 0.3) is 0 Å². The zero-order valence-corrected chi connectivity index (χ0v) is 16.0. The predicted octanol–water partition coefficient (Wildman–Crippen LogP) is 5.11. The van der Waals surface area contributed by atoms with Gasteiger partial charge in [0.1, 0.15) is 5.82 Å². The Balaban J connectivity index is 1.47. The summed E-state index contributed by atoms with van der Waals surface area (Å²) in [6.07, 6.45) is 4.47. The SMILES string of the molecule is O=C(Nc1ccc(F)c(F)c1)N1Cc2c(-c3ccc(F)cc3)cnn2[C@@H]2CCC[C@@H]21. The Kier molecular flexibility index (Phi) is 4.49. The molecule has 5 nitrogen and oxygen atoms in total. The van der Waals surface area contributed by atoms with Crippen LogP contribution in [0, 0.1) is 17.5 Å². The third-order valence-corrected chi connectivity index (χ3v) is 5.96. The van der Waals surface area contributed by atoms with Gasteiger partial charge < -0.3 is 10.2 Å². The Hall–Kier alpha value is -3.29. The number of hydrogen-bond acceptors (Lipinski definition) is 2. The van der Waals surface area contributed by atoms with E-state index in [4.69, 9.17) is 0 Å². The first kappa shape index (κ1) is 18.7. The van der Waals surface area contributed by atoms with Crippen molar-refractivity contribution in [3.63, 3.8) is 0 Å². The summed E-state index contributed by atoms with van der Waals surface area (Å²) in [6.45, 7) is 0.323. The van der Waals surface area contributed by atoms with E-state index < -0.39 is 11.6 Å². The molecule has 1 aliphatic carbocycles. The molecule has 2 aliphatic rings. The van der Waals surface area contributed by atoms with E-state index >= 15 is 0 Å². The Morgan fingerprint density at radius 2 is 1.77 bits per heavy atom. The minimum Gasteiger partial charge on any atom is -0.313 e. The molecule has 154 valence electrons.